The van der Waals surface area contributed by atoms with Crippen molar-refractivity contribution in [2.45, 2.75) is 57.3 Å². The van der Waals surface area contributed by atoms with Crippen LogP contribution < -0.4 is 15.5 Å². The van der Waals surface area contributed by atoms with Crippen molar-refractivity contribution >= 4 is 23.2 Å². The van der Waals surface area contributed by atoms with Crippen LogP contribution in [0.5, 0.6) is 0 Å². The number of para-hydroxylation sites is 1. The molecule has 9 heteroatoms. The fourth-order valence-electron chi connectivity index (χ4n) is 6.69. The monoisotopic (exact) mass is 584 g/mol. The van der Waals surface area contributed by atoms with Gasteiger partial charge >= 0.3 is 0 Å². The Bertz CT molecular complexity index is 1420. The van der Waals surface area contributed by atoms with E-state index in [-0.39, 0.29) is 36.5 Å². The number of aliphatic hydroxyl groups excluding tert-OH is 1. The molecule has 0 aliphatic carbocycles. The van der Waals surface area contributed by atoms with E-state index in [0.29, 0.717) is 18.9 Å². The van der Waals surface area contributed by atoms with Crippen LogP contribution in [0.3, 0.4) is 0 Å². The van der Waals surface area contributed by atoms with Crippen molar-refractivity contribution in [1.29, 1.82) is 0 Å². The van der Waals surface area contributed by atoms with Crippen molar-refractivity contribution in [3.63, 3.8) is 0 Å². The number of rotatable bonds is 7. The molecule has 6 rings (SSSR count). The normalized spacial score (nSPS) is 25.5. The fourth-order valence-corrected chi connectivity index (χ4v) is 6.69. The Labute approximate surface area is 252 Å². The van der Waals surface area contributed by atoms with Crippen LogP contribution in [-0.2, 0) is 25.7 Å². The van der Waals surface area contributed by atoms with Crippen molar-refractivity contribution in [3.05, 3.63) is 95.6 Å². The van der Waals surface area contributed by atoms with E-state index in [1.54, 1.807) is 0 Å². The van der Waals surface area contributed by atoms with Gasteiger partial charge in [0.25, 0.3) is 0 Å². The number of anilines is 2. The number of carbonyl (C=O) groups is 2. The van der Waals surface area contributed by atoms with Crippen LogP contribution in [0.2, 0.25) is 0 Å². The maximum atomic E-state index is 13.2. The van der Waals surface area contributed by atoms with Gasteiger partial charge in [0, 0.05) is 49.4 Å². The molecule has 3 aromatic rings. The van der Waals surface area contributed by atoms with Crippen LogP contribution in [0.1, 0.15) is 55.8 Å². The first-order valence-electron chi connectivity index (χ1n) is 15.1. The second-order valence-electron chi connectivity index (χ2n) is 11.9. The zero-order valence-corrected chi connectivity index (χ0v) is 24.7. The molecule has 4 atom stereocenters. The van der Waals surface area contributed by atoms with Crippen molar-refractivity contribution in [3.8, 4) is 0 Å². The van der Waals surface area contributed by atoms with Gasteiger partial charge in [0.15, 0.2) is 6.29 Å². The first-order valence-corrected chi connectivity index (χ1v) is 15.1. The summed E-state index contributed by atoms with van der Waals surface area (Å²) < 4.78 is 13.3. The number of benzene rings is 3. The summed E-state index contributed by atoms with van der Waals surface area (Å²) in [7, 11) is 0. The Kier molecular flexibility index (Phi) is 8.50. The van der Waals surface area contributed by atoms with Gasteiger partial charge in [0.1, 0.15) is 5.54 Å². The number of hydrogen-bond acceptors (Lipinski definition) is 7. The number of carbonyl (C=O) groups excluding carboxylic acids is 2. The number of nitrogens with zero attached hydrogens (tertiary/aromatic N) is 2. The van der Waals surface area contributed by atoms with Gasteiger partial charge in [-0.1, -0.05) is 61.5 Å². The van der Waals surface area contributed by atoms with Crippen LogP contribution in [-0.4, -0.2) is 59.8 Å². The zero-order valence-electron chi connectivity index (χ0n) is 24.7. The average molecular weight is 585 g/mol. The molecule has 0 aromatic heterocycles. The Morgan fingerprint density at radius 3 is 2.44 bits per heavy atom. The van der Waals surface area contributed by atoms with E-state index in [9.17, 15) is 14.7 Å². The van der Waals surface area contributed by atoms with Gasteiger partial charge in [-0.25, -0.2) is 0 Å². The first-order chi connectivity index (χ1) is 20.9. The zero-order chi connectivity index (χ0) is 30.0. The number of amides is 2. The summed E-state index contributed by atoms with van der Waals surface area (Å²) in [6, 6.07) is 25.6. The van der Waals surface area contributed by atoms with Crippen LogP contribution >= 0.6 is 0 Å². The minimum atomic E-state index is -0.622. The van der Waals surface area contributed by atoms with E-state index < -0.39 is 11.8 Å². The lowest BCUT2D eigenvalue weighted by Crippen LogP contribution is -2.57. The Hall–Kier alpha value is -3.76. The molecular formula is C34H40N4O5. The molecule has 3 saturated heterocycles. The second-order valence-corrected chi connectivity index (χ2v) is 11.9. The molecule has 3 fully saturated rings. The molecule has 3 N–H and O–H groups in total. The lowest BCUT2D eigenvalue weighted by Gasteiger charge is -2.46. The topological polar surface area (TPSA) is 103 Å². The Morgan fingerprint density at radius 2 is 1.74 bits per heavy atom. The van der Waals surface area contributed by atoms with Crippen LogP contribution in [0.25, 0.3) is 0 Å². The Morgan fingerprint density at radius 1 is 1.00 bits per heavy atom. The van der Waals surface area contributed by atoms with E-state index in [1.807, 2.05) is 66.7 Å². The number of nitrogens with one attached hydrogen (secondary N) is 2. The molecule has 1 spiro atoms. The van der Waals surface area contributed by atoms with Gasteiger partial charge in [-0.05, 0) is 48.2 Å². The van der Waals surface area contributed by atoms with Crippen molar-refractivity contribution in [2.24, 2.45) is 5.92 Å². The number of hydrogen-bond donors (Lipinski definition) is 3. The standard InChI is InChI=1S/C34H40N4O5/c1-23-30(20-37-17-15-34(16-18-37)33(41)35-22-38(34)29-9-4-3-5-10-29)42-32(27-7-6-8-28(19-27)36-24(2)40)43-31(23)26-13-11-25(21-39)12-14-26/h3-14,19,23,30-32,39H,15-18,20-22H2,1-2H3,(H,35,41)(H,36,40). The predicted molar refractivity (Wildman–Crippen MR) is 164 cm³/mol. The molecular weight excluding hydrogens is 544 g/mol. The lowest BCUT2D eigenvalue weighted by atomic mass is 9.84. The maximum Gasteiger partial charge on any atom is 0.247 e. The highest BCUT2D eigenvalue weighted by Gasteiger charge is 2.51. The maximum absolute atomic E-state index is 13.2. The minimum Gasteiger partial charge on any atom is -0.392 e. The summed E-state index contributed by atoms with van der Waals surface area (Å²) >= 11 is 0. The molecule has 0 saturated carbocycles. The second kappa shape index (κ2) is 12.5. The van der Waals surface area contributed by atoms with E-state index >= 15 is 0 Å². The third-order valence-corrected chi connectivity index (χ3v) is 9.13. The van der Waals surface area contributed by atoms with Crippen LogP contribution in [0.4, 0.5) is 11.4 Å². The Balaban J connectivity index is 1.21. The molecule has 0 radical (unpaired) electrons. The van der Waals surface area contributed by atoms with E-state index in [4.69, 9.17) is 9.47 Å². The van der Waals surface area contributed by atoms with Gasteiger partial charge in [-0.15, -0.1) is 0 Å². The van der Waals surface area contributed by atoms with Gasteiger partial charge in [0.05, 0.1) is 25.5 Å². The lowest BCUT2D eigenvalue weighted by molar-refractivity contribution is -0.276. The molecule has 3 heterocycles. The summed E-state index contributed by atoms with van der Waals surface area (Å²) in [6.45, 7) is 6.43. The first kappa shape index (κ1) is 29.3. The fraction of sp³-hybridized carbons (Fsp3) is 0.412. The van der Waals surface area contributed by atoms with Crippen LogP contribution in [0.15, 0.2) is 78.9 Å². The predicted octanol–water partition coefficient (Wildman–Crippen LogP) is 4.36. The number of piperidine rings is 1. The summed E-state index contributed by atoms with van der Waals surface area (Å²) in [5.41, 5.74) is 3.93. The van der Waals surface area contributed by atoms with Crippen molar-refractivity contribution < 1.29 is 24.2 Å². The third-order valence-electron chi connectivity index (χ3n) is 9.13. The molecule has 3 aliphatic rings. The number of likely N-dealkylation sites (tertiary alicyclic amines) is 1. The van der Waals surface area contributed by atoms with E-state index in [1.165, 1.54) is 6.92 Å². The summed E-state index contributed by atoms with van der Waals surface area (Å²) in [5.74, 6) is 0.0130. The minimum absolute atomic E-state index is 0.0121. The number of aliphatic hydroxyl groups is 1. The summed E-state index contributed by atoms with van der Waals surface area (Å²) in [5, 5.41) is 15.5. The molecule has 3 aliphatic heterocycles. The quantitative estimate of drug-likeness (QED) is 0.379. The average Bonchev–Trinajstić information content (AvgIpc) is 3.34. The molecule has 9 nitrogen and oxygen atoms in total. The van der Waals surface area contributed by atoms with E-state index in [2.05, 4.69) is 39.5 Å². The highest BCUT2D eigenvalue weighted by molar-refractivity contribution is 5.93. The van der Waals surface area contributed by atoms with Gasteiger partial charge in [0.2, 0.25) is 11.8 Å². The smallest absolute Gasteiger partial charge is 0.247 e. The van der Waals surface area contributed by atoms with Crippen molar-refractivity contribution in [1.82, 2.24) is 10.2 Å². The van der Waals surface area contributed by atoms with Crippen LogP contribution in [0, 0.1) is 5.92 Å². The van der Waals surface area contributed by atoms with Gasteiger partial charge in [-0.2, -0.15) is 0 Å². The molecule has 4 unspecified atom stereocenters. The van der Waals surface area contributed by atoms with Gasteiger partial charge < -0.3 is 35.0 Å². The van der Waals surface area contributed by atoms with Gasteiger partial charge in [-0.3, -0.25) is 9.59 Å². The largest absolute Gasteiger partial charge is 0.392 e. The molecule has 226 valence electrons. The van der Waals surface area contributed by atoms with Crippen molar-refractivity contribution in [2.75, 3.05) is 36.5 Å². The van der Waals surface area contributed by atoms with E-state index in [0.717, 1.165) is 48.3 Å². The molecule has 2 amide bonds. The highest BCUT2D eigenvalue weighted by atomic mass is 16.7. The summed E-state index contributed by atoms with van der Waals surface area (Å²) in [4.78, 5) is 29.5. The molecule has 0 bridgehead atoms. The highest BCUT2D eigenvalue weighted by Crippen LogP contribution is 2.43. The molecule has 3 aromatic carbocycles. The SMILES string of the molecule is CC(=O)Nc1cccc(C2OC(CN3CCC4(CC3)C(=O)NCN4c3ccccc3)C(C)C(c3ccc(CO)cc3)O2)c1. The molecule has 43 heavy (non-hydrogen) atoms. The third kappa shape index (κ3) is 6.03. The number of ether oxygens (including phenoxy) is 2. The summed E-state index contributed by atoms with van der Waals surface area (Å²) in [6.07, 6.45) is 0.482.